The van der Waals surface area contributed by atoms with Gasteiger partial charge in [-0.1, -0.05) is 30.3 Å². The quantitative estimate of drug-likeness (QED) is 0.495. The zero-order valence-electron chi connectivity index (χ0n) is 13.3. The number of carboxylic acid groups (broad SMARTS) is 1. The van der Waals surface area contributed by atoms with E-state index in [2.05, 4.69) is 10.6 Å². The first-order valence-corrected chi connectivity index (χ1v) is 7.46. The molecular formula is C16H19N3O6. The Morgan fingerprint density at radius 1 is 1.16 bits per heavy atom. The molecule has 0 aromatic heterocycles. The number of aliphatic carboxylic acids is 1. The molecule has 0 heterocycles. The number of nitrogens with zero attached hydrogens (tertiary/aromatic N) is 1. The predicted molar refractivity (Wildman–Crippen MR) is 85.1 cm³/mol. The zero-order valence-corrected chi connectivity index (χ0v) is 13.3. The first-order chi connectivity index (χ1) is 12.0. The minimum atomic E-state index is -1.37. The van der Waals surface area contributed by atoms with Crippen LogP contribution in [0.25, 0.3) is 0 Å². The van der Waals surface area contributed by atoms with Gasteiger partial charge in [0.1, 0.15) is 18.7 Å². The van der Waals surface area contributed by atoms with Gasteiger partial charge in [0.2, 0.25) is 5.91 Å². The number of hydrogen-bond donors (Lipinski definition) is 4. The van der Waals surface area contributed by atoms with E-state index in [1.165, 1.54) is 0 Å². The van der Waals surface area contributed by atoms with Crippen molar-refractivity contribution >= 4 is 18.0 Å². The van der Waals surface area contributed by atoms with Crippen molar-refractivity contribution in [2.24, 2.45) is 0 Å². The van der Waals surface area contributed by atoms with Crippen LogP contribution in [0.15, 0.2) is 30.3 Å². The molecule has 2 atom stereocenters. The summed E-state index contributed by atoms with van der Waals surface area (Å²) in [6.45, 7) is -0.761. The maximum atomic E-state index is 12.0. The Labute approximate surface area is 144 Å². The van der Waals surface area contributed by atoms with Crippen molar-refractivity contribution in [3.05, 3.63) is 35.9 Å². The van der Waals surface area contributed by atoms with Gasteiger partial charge in [-0.3, -0.25) is 4.79 Å². The standard InChI is InChI=1S/C16H19N3O6/c17-8-4-7-12(15(22)23)18-14(21)13(9-20)19-16(24)25-10-11-5-2-1-3-6-11/h1-3,5-6,12-13,20H,4,7,9-10H2,(H,18,21)(H,19,24)(H,22,23)/t12-,13-/m0/s1. The minimum Gasteiger partial charge on any atom is -0.480 e. The lowest BCUT2D eigenvalue weighted by atomic mass is 10.1. The number of benzene rings is 1. The van der Waals surface area contributed by atoms with Gasteiger partial charge in [0, 0.05) is 6.42 Å². The van der Waals surface area contributed by atoms with Gasteiger partial charge in [-0.25, -0.2) is 9.59 Å². The summed E-state index contributed by atoms with van der Waals surface area (Å²) in [5.74, 6) is -2.20. The van der Waals surface area contributed by atoms with Crippen LogP contribution >= 0.6 is 0 Å². The zero-order chi connectivity index (χ0) is 18.7. The number of nitrogens with one attached hydrogen (secondary N) is 2. The first-order valence-electron chi connectivity index (χ1n) is 7.46. The van der Waals surface area contributed by atoms with E-state index in [0.717, 1.165) is 5.56 Å². The van der Waals surface area contributed by atoms with Crippen molar-refractivity contribution in [2.75, 3.05) is 6.61 Å². The Hall–Kier alpha value is -3.12. The molecule has 0 aliphatic heterocycles. The van der Waals surface area contributed by atoms with Crippen LogP contribution in [-0.2, 0) is 20.9 Å². The van der Waals surface area contributed by atoms with Crippen LogP contribution in [0.4, 0.5) is 4.79 Å². The third kappa shape index (κ3) is 7.32. The average molecular weight is 349 g/mol. The lowest BCUT2D eigenvalue weighted by Crippen LogP contribution is -2.53. The van der Waals surface area contributed by atoms with Gasteiger partial charge >= 0.3 is 12.1 Å². The number of nitriles is 1. The van der Waals surface area contributed by atoms with Gasteiger partial charge in [-0.15, -0.1) is 0 Å². The highest BCUT2D eigenvalue weighted by Gasteiger charge is 2.26. The highest BCUT2D eigenvalue weighted by molar-refractivity contribution is 5.89. The number of rotatable bonds is 9. The van der Waals surface area contributed by atoms with Crippen LogP contribution in [0.1, 0.15) is 18.4 Å². The number of carbonyl (C=O) groups is 3. The Kier molecular flexibility index (Phi) is 8.46. The third-order valence-corrected chi connectivity index (χ3v) is 3.16. The fourth-order valence-corrected chi connectivity index (χ4v) is 1.84. The molecule has 0 saturated carbocycles. The maximum absolute atomic E-state index is 12.0. The number of alkyl carbamates (subject to hydrolysis) is 1. The second-order valence-corrected chi connectivity index (χ2v) is 5.04. The molecule has 9 nitrogen and oxygen atoms in total. The van der Waals surface area contributed by atoms with E-state index in [1.54, 1.807) is 36.4 Å². The molecule has 0 saturated heterocycles. The Bertz CT molecular complexity index is 629. The normalized spacial score (nSPS) is 12.3. The Morgan fingerprint density at radius 3 is 2.40 bits per heavy atom. The van der Waals surface area contributed by atoms with E-state index < -0.39 is 36.7 Å². The molecule has 1 aromatic carbocycles. The van der Waals surface area contributed by atoms with E-state index in [0.29, 0.717) is 0 Å². The lowest BCUT2D eigenvalue weighted by molar-refractivity contribution is -0.142. The molecule has 134 valence electrons. The molecule has 0 fully saturated rings. The summed E-state index contributed by atoms with van der Waals surface area (Å²) in [7, 11) is 0. The third-order valence-electron chi connectivity index (χ3n) is 3.16. The molecule has 1 aromatic rings. The molecule has 25 heavy (non-hydrogen) atoms. The fraction of sp³-hybridized carbons (Fsp3) is 0.375. The Morgan fingerprint density at radius 2 is 1.84 bits per heavy atom. The predicted octanol–water partition coefficient (Wildman–Crippen LogP) is 0.147. The van der Waals surface area contributed by atoms with E-state index in [1.807, 2.05) is 0 Å². The molecule has 2 amide bonds. The van der Waals surface area contributed by atoms with Crippen molar-refractivity contribution in [1.29, 1.82) is 5.26 Å². The van der Waals surface area contributed by atoms with Crippen molar-refractivity contribution in [3.63, 3.8) is 0 Å². The van der Waals surface area contributed by atoms with Crippen LogP contribution in [0.5, 0.6) is 0 Å². The van der Waals surface area contributed by atoms with E-state index >= 15 is 0 Å². The number of hydrogen-bond acceptors (Lipinski definition) is 6. The van der Waals surface area contributed by atoms with Gasteiger partial charge in [0.25, 0.3) is 0 Å². The summed E-state index contributed by atoms with van der Waals surface area (Å²) >= 11 is 0. The largest absolute Gasteiger partial charge is 0.480 e. The second-order valence-electron chi connectivity index (χ2n) is 5.04. The fourth-order valence-electron chi connectivity index (χ4n) is 1.84. The highest BCUT2D eigenvalue weighted by atomic mass is 16.5. The summed E-state index contributed by atoms with van der Waals surface area (Å²) in [4.78, 5) is 34.7. The topological polar surface area (TPSA) is 149 Å². The van der Waals surface area contributed by atoms with Crippen LogP contribution in [0.3, 0.4) is 0 Å². The minimum absolute atomic E-state index is 0.0215. The summed E-state index contributed by atoms with van der Waals surface area (Å²) < 4.78 is 4.93. The lowest BCUT2D eigenvalue weighted by Gasteiger charge is -2.19. The summed E-state index contributed by atoms with van der Waals surface area (Å²) in [6.07, 6.45) is -1.08. The molecule has 0 bridgehead atoms. The molecule has 0 radical (unpaired) electrons. The van der Waals surface area contributed by atoms with Gasteiger partial charge < -0.3 is 25.6 Å². The molecule has 1 rings (SSSR count). The average Bonchev–Trinajstić information content (AvgIpc) is 2.61. The molecule has 0 aliphatic carbocycles. The first kappa shape index (κ1) is 19.9. The van der Waals surface area contributed by atoms with Gasteiger partial charge in [0.05, 0.1) is 12.7 Å². The van der Waals surface area contributed by atoms with Crippen LogP contribution < -0.4 is 10.6 Å². The van der Waals surface area contributed by atoms with Gasteiger partial charge in [-0.2, -0.15) is 5.26 Å². The van der Waals surface area contributed by atoms with Gasteiger partial charge in [0.15, 0.2) is 0 Å². The summed E-state index contributed by atoms with van der Waals surface area (Å²) in [5.41, 5.74) is 0.741. The summed E-state index contributed by atoms with van der Waals surface area (Å²) in [6, 6.07) is 7.97. The smallest absolute Gasteiger partial charge is 0.408 e. The number of amides is 2. The van der Waals surface area contributed by atoms with E-state index in [4.69, 9.17) is 15.1 Å². The molecular weight excluding hydrogens is 330 g/mol. The van der Waals surface area contributed by atoms with E-state index in [-0.39, 0.29) is 19.4 Å². The summed E-state index contributed by atoms with van der Waals surface area (Å²) in [5, 5.41) is 31.0. The molecule has 4 N–H and O–H groups in total. The highest BCUT2D eigenvalue weighted by Crippen LogP contribution is 2.01. The van der Waals surface area contributed by atoms with Crippen molar-refractivity contribution in [1.82, 2.24) is 10.6 Å². The second kappa shape index (κ2) is 10.6. The monoisotopic (exact) mass is 349 g/mol. The SMILES string of the molecule is N#CCC[C@H](NC(=O)[C@H](CO)NC(=O)OCc1ccccc1)C(=O)O. The van der Waals surface area contributed by atoms with E-state index in [9.17, 15) is 19.5 Å². The number of carboxylic acids is 1. The number of carbonyl (C=O) groups excluding carboxylic acids is 2. The maximum Gasteiger partial charge on any atom is 0.408 e. The Balaban J connectivity index is 2.52. The number of aliphatic hydroxyl groups is 1. The van der Waals surface area contributed by atoms with Crippen molar-refractivity contribution in [2.45, 2.75) is 31.5 Å². The number of aliphatic hydroxyl groups excluding tert-OH is 1. The molecule has 0 aliphatic rings. The molecule has 0 spiro atoms. The van der Waals surface area contributed by atoms with Crippen molar-refractivity contribution in [3.8, 4) is 6.07 Å². The van der Waals surface area contributed by atoms with Crippen LogP contribution in [0, 0.1) is 11.3 Å². The molecule has 0 unspecified atom stereocenters. The van der Waals surface area contributed by atoms with Gasteiger partial charge in [-0.05, 0) is 12.0 Å². The molecule has 9 heteroatoms. The number of ether oxygens (including phenoxy) is 1. The van der Waals surface area contributed by atoms with Crippen LogP contribution in [0.2, 0.25) is 0 Å². The van der Waals surface area contributed by atoms with Crippen molar-refractivity contribution < 1.29 is 29.3 Å². The van der Waals surface area contributed by atoms with Crippen LogP contribution in [-0.4, -0.2) is 46.9 Å².